The number of nitrogens with one attached hydrogen (secondary N) is 1. The molecule has 4 rings (SSSR count). The van der Waals surface area contributed by atoms with Gasteiger partial charge in [-0.3, -0.25) is 14.6 Å². The molecule has 31 heavy (non-hydrogen) atoms. The summed E-state index contributed by atoms with van der Waals surface area (Å²) in [6, 6.07) is 8.66. The third-order valence-electron chi connectivity index (χ3n) is 6.12. The van der Waals surface area contributed by atoms with Gasteiger partial charge in [0, 0.05) is 18.0 Å². The van der Waals surface area contributed by atoms with Crippen molar-refractivity contribution in [2.45, 2.75) is 19.9 Å². The molecule has 3 heterocycles. The van der Waals surface area contributed by atoms with E-state index in [1.807, 2.05) is 32.0 Å². The summed E-state index contributed by atoms with van der Waals surface area (Å²) in [7, 11) is 0. The van der Waals surface area contributed by atoms with Crippen LogP contribution in [0, 0.1) is 13.8 Å². The number of aliphatic hydroxyl groups excluding tert-OH is 1. The number of nitrogens with zero attached hydrogens (tertiary/aromatic N) is 2. The number of hydrogen-bond donors (Lipinski definition) is 2. The van der Waals surface area contributed by atoms with Gasteiger partial charge >= 0.3 is 0 Å². The van der Waals surface area contributed by atoms with Crippen molar-refractivity contribution in [2.24, 2.45) is 0 Å². The summed E-state index contributed by atoms with van der Waals surface area (Å²) in [6.07, 6.45) is 3.28. The average molecular weight is 423 g/mol. The lowest BCUT2D eigenvalue weighted by molar-refractivity contribution is -0.907. The summed E-state index contributed by atoms with van der Waals surface area (Å²) >= 11 is 0. The minimum Gasteiger partial charge on any atom is -0.507 e. The number of aromatic nitrogens is 1. The molecule has 0 spiro atoms. The molecule has 2 fully saturated rings. The van der Waals surface area contributed by atoms with Gasteiger partial charge in [0.1, 0.15) is 18.8 Å². The van der Waals surface area contributed by atoms with Crippen LogP contribution in [-0.2, 0) is 14.3 Å². The van der Waals surface area contributed by atoms with Gasteiger partial charge in [0.05, 0.1) is 37.9 Å². The lowest BCUT2D eigenvalue weighted by Crippen LogP contribution is -3.14. The van der Waals surface area contributed by atoms with Crippen molar-refractivity contribution in [2.75, 3.05) is 39.4 Å². The predicted octanol–water partition coefficient (Wildman–Crippen LogP) is 1.04. The van der Waals surface area contributed by atoms with E-state index in [-0.39, 0.29) is 11.3 Å². The number of rotatable bonds is 5. The number of morpholine rings is 1. The average Bonchev–Trinajstić information content (AvgIpc) is 3.05. The highest BCUT2D eigenvalue weighted by atomic mass is 16.5. The third-order valence-corrected chi connectivity index (χ3v) is 6.12. The molecule has 7 nitrogen and oxygen atoms in total. The van der Waals surface area contributed by atoms with Crippen LogP contribution in [-0.4, -0.2) is 66.1 Å². The number of benzene rings is 1. The fourth-order valence-corrected chi connectivity index (χ4v) is 4.33. The standard InChI is InChI=1S/C24H27N3O4/c1-16-3-4-17(2)19(15-16)22(28)20-21(18-5-7-25-8-6-18)27(24(30)23(20)29)10-9-26-11-13-31-14-12-26/h3-8,15,21,28H,9-14H2,1-2H3/p+1/t21-/m1/s1. The van der Waals surface area contributed by atoms with Crippen LogP contribution in [0.2, 0.25) is 0 Å². The molecule has 162 valence electrons. The zero-order valence-electron chi connectivity index (χ0n) is 17.9. The van der Waals surface area contributed by atoms with Gasteiger partial charge < -0.3 is 19.6 Å². The van der Waals surface area contributed by atoms with Gasteiger partial charge in [-0.15, -0.1) is 0 Å². The van der Waals surface area contributed by atoms with E-state index in [1.54, 1.807) is 29.4 Å². The molecule has 1 amide bonds. The second-order valence-electron chi connectivity index (χ2n) is 8.20. The highest BCUT2D eigenvalue weighted by molar-refractivity contribution is 6.46. The summed E-state index contributed by atoms with van der Waals surface area (Å²) < 4.78 is 5.42. The summed E-state index contributed by atoms with van der Waals surface area (Å²) in [5, 5.41) is 11.2. The number of ketones is 1. The molecular formula is C24H28N3O4+. The van der Waals surface area contributed by atoms with Crippen molar-refractivity contribution >= 4 is 17.4 Å². The van der Waals surface area contributed by atoms with Crippen molar-refractivity contribution in [1.82, 2.24) is 9.88 Å². The number of Topliss-reactive ketones (excluding diaryl/α,β-unsaturated/α-hetero) is 1. The summed E-state index contributed by atoms with van der Waals surface area (Å²) in [4.78, 5) is 33.2. The number of ether oxygens (including phenoxy) is 1. The van der Waals surface area contributed by atoms with Gasteiger partial charge in [0.15, 0.2) is 0 Å². The molecule has 1 aromatic heterocycles. The van der Waals surface area contributed by atoms with Gasteiger partial charge in [-0.25, -0.2) is 0 Å². The maximum absolute atomic E-state index is 13.1. The van der Waals surface area contributed by atoms with E-state index < -0.39 is 17.7 Å². The lowest BCUT2D eigenvalue weighted by Gasteiger charge is -2.29. The number of carbonyl (C=O) groups is 2. The fourth-order valence-electron chi connectivity index (χ4n) is 4.33. The second-order valence-corrected chi connectivity index (χ2v) is 8.20. The van der Waals surface area contributed by atoms with Crippen LogP contribution in [0.5, 0.6) is 0 Å². The first-order chi connectivity index (χ1) is 15.0. The van der Waals surface area contributed by atoms with Gasteiger partial charge in [0.25, 0.3) is 11.7 Å². The van der Waals surface area contributed by atoms with E-state index in [0.29, 0.717) is 25.3 Å². The van der Waals surface area contributed by atoms with Crippen LogP contribution < -0.4 is 4.90 Å². The molecule has 2 N–H and O–H groups in total. The van der Waals surface area contributed by atoms with Gasteiger partial charge in [-0.1, -0.05) is 17.7 Å². The number of amides is 1. The van der Waals surface area contributed by atoms with Gasteiger partial charge in [-0.2, -0.15) is 0 Å². The van der Waals surface area contributed by atoms with Crippen LogP contribution in [0.15, 0.2) is 48.3 Å². The van der Waals surface area contributed by atoms with Crippen molar-refractivity contribution in [3.8, 4) is 0 Å². The molecule has 0 bridgehead atoms. The van der Waals surface area contributed by atoms with E-state index in [1.165, 1.54) is 4.90 Å². The number of carbonyl (C=O) groups excluding carboxylic acids is 2. The molecule has 0 aliphatic carbocycles. The Morgan fingerprint density at radius 3 is 2.58 bits per heavy atom. The van der Waals surface area contributed by atoms with Crippen LogP contribution in [0.3, 0.4) is 0 Å². The Morgan fingerprint density at radius 2 is 1.87 bits per heavy atom. The van der Waals surface area contributed by atoms with Crippen molar-refractivity contribution < 1.29 is 24.3 Å². The molecule has 0 unspecified atom stereocenters. The molecule has 1 aromatic carbocycles. The molecule has 2 aliphatic heterocycles. The molecule has 2 aliphatic rings. The van der Waals surface area contributed by atoms with E-state index >= 15 is 0 Å². The molecule has 1 atom stereocenters. The van der Waals surface area contributed by atoms with Crippen LogP contribution >= 0.6 is 0 Å². The monoisotopic (exact) mass is 422 g/mol. The van der Waals surface area contributed by atoms with Crippen LogP contribution in [0.4, 0.5) is 0 Å². The number of pyridine rings is 1. The van der Waals surface area contributed by atoms with E-state index in [2.05, 4.69) is 4.98 Å². The molecule has 2 aromatic rings. The number of hydrogen-bond acceptors (Lipinski definition) is 5. The maximum Gasteiger partial charge on any atom is 0.295 e. The lowest BCUT2D eigenvalue weighted by atomic mass is 9.94. The second kappa shape index (κ2) is 8.99. The maximum atomic E-state index is 13.1. The van der Waals surface area contributed by atoms with E-state index in [4.69, 9.17) is 4.74 Å². The zero-order valence-corrected chi connectivity index (χ0v) is 17.9. The Balaban J connectivity index is 1.75. The number of aryl methyl sites for hydroxylation is 2. The fraction of sp³-hybridized carbons (Fsp3) is 0.375. The normalized spacial score (nSPS) is 21.6. The van der Waals surface area contributed by atoms with Gasteiger partial charge in [0.2, 0.25) is 0 Å². The van der Waals surface area contributed by atoms with E-state index in [0.717, 1.165) is 36.3 Å². The first-order valence-corrected chi connectivity index (χ1v) is 10.6. The molecule has 2 saturated heterocycles. The smallest absolute Gasteiger partial charge is 0.295 e. The minimum atomic E-state index is -0.641. The molecule has 0 saturated carbocycles. The summed E-state index contributed by atoms with van der Waals surface area (Å²) in [5.41, 5.74) is 3.30. The number of aliphatic hydroxyl groups is 1. The van der Waals surface area contributed by atoms with Crippen LogP contribution in [0.1, 0.15) is 28.3 Å². The molecule has 0 radical (unpaired) electrons. The van der Waals surface area contributed by atoms with Gasteiger partial charge in [-0.05, 0) is 43.2 Å². The molecular weight excluding hydrogens is 394 g/mol. The van der Waals surface area contributed by atoms with Crippen molar-refractivity contribution in [3.05, 3.63) is 70.6 Å². The topological polar surface area (TPSA) is 84.2 Å². The number of quaternary nitrogens is 1. The Hall–Kier alpha value is -3.03. The Labute approximate surface area is 182 Å². The third kappa shape index (κ3) is 4.24. The largest absolute Gasteiger partial charge is 0.507 e. The SMILES string of the molecule is Cc1ccc(C)c(C(O)=C2C(=O)C(=O)N(CC[NH+]3CCOCC3)[C@@H]2c2ccncc2)c1. The first-order valence-electron chi connectivity index (χ1n) is 10.6. The minimum absolute atomic E-state index is 0.123. The van der Waals surface area contributed by atoms with Crippen molar-refractivity contribution in [3.63, 3.8) is 0 Å². The Morgan fingerprint density at radius 1 is 1.16 bits per heavy atom. The van der Waals surface area contributed by atoms with Crippen molar-refractivity contribution in [1.29, 1.82) is 0 Å². The highest BCUT2D eigenvalue weighted by Crippen LogP contribution is 2.39. The highest BCUT2D eigenvalue weighted by Gasteiger charge is 2.46. The number of likely N-dealkylation sites (tertiary alicyclic amines) is 1. The first kappa shape index (κ1) is 21.2. The summed E-state index contributed by atoms with van der Waals surface area (Å²) in [6.45, 7) is 8.13. The Kier molecular flexibility index (Phi) is 6.15. The summed E-state index contributed by atoms with van der Waals surface area (Å²) in [5.74, 6) is -1.33. The zero-order chi connectivity index (χ0) is 22.0. The molecule has 7 heteroatoms. The Bertz CT molecular complexity index is 1010. The predicted molar refractivity (Wildman–Crippen MR) is 116 cm³/mol. The quantitative estimate of drug-likeness (QED) is 0.427. The van der Waals surface area contributed by atoms with E-state index in [9.17, 15) is 14.7 Å². The van der Waals surface area contributed by atoms with Crippen LogP contribution in [0.25, 0.3) is 5.76 Å².